The maximum Gasteiger partial charge on any atom is 0.244 e. The molecule has 3 aromatic carbocycles. The van der Waals surface area contributed by atoms with Gasteiger partial charge in [0, 0.05) is 39.6 Å². The predicted molar refractivity (Wildman–Crippen MR) is 167 cm³/mol. The number of hydrogen-bond donors (Lipinski definition) is 1. The normalized spacial score (nSPS) is 12.9. The second-order valence-corrected chi connectivity index (χ2v) is 13.0. The van der Waals surface area contributed by atoms with E-state index in [-0.39, 0.29) is 30.6 Å². The number of halogens is 3. The number of nitrogens with zero attached hydrogens (tertiary/aromatic N) is 2. The van der Waals surface area contributed by atoms with Gasteiger partial charge in [0.15, 0.2) is 0 Å². The molecule has 0 heterocycles. The van der Waals surface area contributed by atoms with Crippen molar-refractivity contribution in [1.82, 2.24) is 10.2 Å². The third-order valence-electron chi connectivity index (χ3n) is 6.85. The highest BCUT2D eigenvalue weighted by molar-refractivity contribution is 7.92. The Hall–Kier alpha value is -2.78. The molecular weight excluding hydrogens is 605 g/mol. The number of sulfonamides is 1. The van der Waals surface area contributed by atoms with E-state index in [1.54, 1.807) is 43.3 Å². The molecule has 0 aromatic heterocycles. The van der Waals surface area contributed by atoms with E-state index in [1.165, 1.54) is 4.90 Å². The summed E-state index contributed by atoms with van der Waals surface area (Å²) < 4.78 is 27.0. The van der Waals surface area contributed by atoms with Crippen molar-refractivity contribution >= 4 is 62.3 Å². The van der Waals surface area contributed by atoms with Gasteiger partial charge in [0.25, 0.3) is 0 Å². The Kier molecular flexibility index (Phi) is 11.5. The van der Waals surface area contributed by atoms with Gasteiger partial charge in [-0.15, -0.1) is 0 Å². The number of carbonyl (C=O) groups is 2. The lowest BCUT2D eigenvalue weighted by atomic mass is 10.0. The summed E-state index contributed by atoms with van der Waals surface area (Å²) in [6.45, 7) is 4.82. The first kappa shape index (κ1) is 32.7. The fourth-order valence-electron chi connectivity index (χ4n) is 4.31. The van der Waals surface area contributed by atoms with Gasteiger partial charge in [-0.05, 0) is 55.7 Å². The van der Waals surface area contributed by atoms with Crippen LogP contribution in [0, 0.1) is 6.92 Å². The molecule has 0 aliphatic rings. The molecule has 0 fully saturated rings. The number of nitrogens with one attached hydrogen (secondary N) is 1. The molecule has 0 bridgehead atoms. The van der Waals surface area contributed by atoms with Gasteiger partial charge in [-0.25, -0.2) is 8.42 Å². The summed E-state index contributed by atoms with van der Waals surface area (Å²) in [7, 11) is -3.93. The molecule has 0 saturated heterocycles. The number of benzene rings is 3. The number of hydrogen-bond acceptors (Lipinski definition) is 4. The van der Waals surface area contributed by atoms with E-state index in [9.17, 15) is 18.0 Å². The summed E-state index contributed by atoms with van der Waals surface area (Å²) in [6.07, 6.45) is 1.89. The Morgan fingerprint density at radius 2 is 1.49 bits per heavy atom. The average Bonchev–Trinajstić information content (AvgIpc) is 2.92. The van der Waals surface area contributed by atoms with Crippen LogP contribution in [0.4, 0.5) is 5.69 Å². The standard InChI is InChI=1S/C30H34Cl3N3O4S/c1-5-20(2)34-30(38)28(17-22-11-7-6-8-12-22)35(18-23-25(32)14-9-15-26(23)33)29(37)19-36(41(4,39)40)27-16-10-13-24(31)21(27)3/h6-16,20,28H,5,17-19H2,1-4H3,(H,34,38). The minimum Gasteiger partial charge on any atom is -0.352 e. The molecule has 0 spiro atoms. The zero-order valence-corrected chi connectivity index (χ0v) is 26.5. The molecular formula is C30H34Cl3N3O4S. The van der Waals surface area contributed by atoms with Crippen LogP contribution in [0.5, 0.6) is 0 Å². The van der Waals surface area contributed by atoms with Gasteiger partial charge in [0.05, 0.1) is 11.9 Å². The van der Waals surface area contributed by atoms with Crippen LogP contribution in [0.3, 0.4) is 0 Å². The lowest BCUT2D eigenvalue weighted by Crippen LogP contribution is -2.54. The summed E-state index contributed by atoms with van der Waals surface area (Å²) in [5, 5.41) is 3.99. The molecule has 0 radical (unpaired) electrons. The molecule has 0 saturated carbocycles. The number of anilines is 1. The van der Waals surface area contributed by atoms with Crippen LogP contribution in [0.25, 0.3) is 0 Å². The van der Waals surface area contributed by atoms with Crippen molar-refractivity contribution in [2.45, 2.75) is 52.2 Å². The highest BCUT2D eigenvalue weighted by atomic mass is 35.5. The van der Waals surface area contributed by atoms with Gasteiger partial charge in [0.1, 0.15) is 12.6 Å². The van der Waals surface area contributed by atoms with Crippen LogP contribution in [0.1, 0.15) is 37.0 Å². The molecule has 1 N–H and O–H groups in total. The Labute approximate surface area is 257 Å². The van der Waals surface area contributed by atoms with Crippen LogP contribution in [0.15, 0.2) is 66.7 Å². The van der Waals surface area contributed by atoms with Crippen LogP contribution >= 0.6 is 34.8 Å². The molecule has 41 heavy (non-hydrogen) atoms. The summed E-state index contributed by atoms with van der Waals surface area (Å²) in [5.74, 6) is -0.976. The molecule has 11 heteroatoms. The van der Waals surface area contributed by atoms with Gasteiger partial charge < -0.3 is 10.2 Å². The van der Waals surface area contributed by atoms with Crippen molar-refractivity contribution in [3.8, 4) is 0 Å². The predicted octanol–water partition coefficient (Wildman–Crippen LogP) is 6.28. The minimum atomic E-state index is -3.93. The van der Waals surface area contributed by atoms with E-state index >= 15 is 0 Å². The average molecular weight is 639 g/mol. The number of carbonyl (C=O) groups excluding carboxylic acids is 2. The third-order valence-corrected chi connectivity index (χ3v) is 9.09. The molecule has 3 rings (SSSR count). The highest BCUT2D eigenvalue weighted by Crippen LogP contribution is 2.30. The molecule has 2 amide bonds. The second kappa shape index (κ2) is 14.4. The SMILES string of the molecule is CCC(C)NC(=O)C(Cc1ccccc1)N(Cc1c(Cl)cccc1Cl)C(=O)CN(c1cccc(Cl)c1C)S(C)(=O)=O. The summed E-state index contributed by atoms with van der Waals surface area (Å²) in [4.78, 5) is 29.3. The minimum absolute atomic E-state index is 0.116. The second-order valence-electron chi connectivity index (χ2n) is 9.90. The van der Waals surface area contributed by atoms with E-state index in [1.807, 2.05) is 44.2 Å². The van der Waals surface area contributed by atoms with E-state index in [2.05, 4.69) is 5.32 Å². The van der Waals surface area contributed by atoms with Gasteiger partial charge in [-0.2, -0.15) is 0 Å². The van der Waals surface area contributed by atoms with Crippen LogP contribution in [-0.2, 0) is 32.6 Å². The van der Waals surface area contributed by atoms with Crippen molar-refractivity contribution in [3.05, 3.63) is 98.5 Å². The zero-order chi connectivity index (χ0) is 30.3. The molecule has 0 aliphatic heterocycles. The lowest BCUT2D eigenvalue weighted by molar-refractivity contribution is -0.140. The maximum atomic E-state index is 14.2. The third kappa shape index (κ3) is 8.61. The topological polar surface area (TPSA) is 86.8 Å². The fraction of sp³-hybridized carbons (Fsp3) is 0.333. The molecule has 2 unspecified atom stereocenters. The smallest absolute Gasteiger partial charge is 0.244 e. The van der Waals surface area contributed by atoms with E-state index in [4.69, 9.17) is 34.8 Å². The van der Waals surface area contributed by atoms with Crippen LogP contribution < -0.4 is 9.62 Å². The molecule has 7 nitrogen and oxygen atoms in total. The van der Waals surface area contributed by atoms with E-state index < -0.39 is 28.5 Å². The molecule has 220 valence electrons. The van der Waals surface area contributed by atoms with Gasteiger partial charge in [-0.1, -0.05) is 84.2 Å². The molecule has 3 aromatic rings. The van der Waals surface area contributed by atoms with Crippen molar-refractivity contribution in [1.29, 1.82) is 0 Å². The molecule has 0 aliphatic carbocycles. The zero-order valence-electron chi connectivity index (χ0n) is 23.4. The monoisotopic (exact) mass is 637 g/mol. The molecule has 2 atom stereocenters. The number of rotatable bonds is 12. The Morgan fingerprint density at radius 3 is 2.07 bits per heavy atom. The maximum absolute atomic E-state index is 14.2. The summed E-state index contributed by atoms with van der Waals surface area (Å²) in [6, 6.07) is 18.0. The Balaban J connectivity index is 2.13. The summed E-state index contributed by atoms with van der Waals surface area (Å²) >= 11 is 19.3. The Bertz CT molecular complexity index is 1470. The van der Waals surface area contributed by atoms with Crippen molar-refractivity contribution in [3.63, 3.8) is 0 Å². The first-order valence-electron chi connectivity index (χ1n) is 13.1. The van der Waals surface area contributed by atoms with Gasteiger partial charge in [-0.3, -0.25) is 13.9 Å². The quantitative estimate of drug-likeness (QED) is 0.253. The fourth-order valence-corrected chi connectivity index (χ4v) is 5.90. The van der Waals surface area contributed by atoms with Gasteiger partial charge in [0.2, 0.25) is 21.8 Å². The van der Waals surface area contributed by atoms with Crippen LogP contribution in [-0.4, -0.2) is 50.0 Å². The van der Waals surface area contributed by atoms with Crippen molar-refractivity contribution in [2.75, 3.05) is 17.1 Å². The first-order chi connectivity index (χ1) is 19.3. The van der Waals surface area contributed by atoms with Crippen molar-refractivity contribution < 1.29 is 18.0 Å². The first-order valence-corrected chi connectivity index (χ1v) is 16.1. The van der Waals surface area contributed by atoms with Gasteiger partial charge >= 0.3 is 0 Å². The van der Waals surface area contributed by atoms with E-state index in [0.29, 0.717) is 32.6 Å². The highest BCUT2D eigenvalue weighted by Gasteiger charge is 2.34. The van der Waals surface area contributed by atoms with Crippen molar-refractivity contribution in [2.24, 2.45) is 0 Å². The summed E-state index contributed by atoms with van der Waals surface area (Å²) in [5.41, 5.74) is 2.05. The lowest BCUT2D eigenvalue weighted by Gasteiger charge is -2.34. The largest absolute Gasteiger partial charge is 0.352 e. The Morgan fingerprint density at radius 1 is 0.902 bits per heavy atom. The van der Waals surface area contributed by atoms with E-state index in [0.717, 1.165) is 16.1 Å². The van der Waals surface area contributed by atoms with Crippen LogP contribution in [0.2, 0.25) is 15.1 Å². The number of amides is 2.